The van der Waals surface area contributed by atoms with Crippen molar-refractivity contribution in [3.8, 4) is 0 Å². The molecule has 0 radical (unpaired) electrons. The van der Waals surface area contributed by atoms with Crippen molar-refractivity contribution >= 4 is 5.91 Å². The van der Waals surface area contributed by atoms with Gasteiger partial charge >= 0.3 is 0 Å². The highest BCUT2D eigenvalue weighted by atomic mass is 19.1. The van der Waals surface area contributed by atoms with Gasteiger partial charge in [-0.25, -0.2) is 9.37 Å². The summed E-state index contributed by atoms with van der Waals surface area (Å²) in [6.45, 7) is 1.09. The van der Waals surface area contributed by atoms with Crippen LogP contribution < -0.4 is 0 Å². The number of fused-ring (bicyclic) bond motifs is 1. The zero-order chi connectivity index (χ0) is 14.4. The number of carbonyl (C=O) groups excluding carboxylic acids is 1. The number of carbonyl (C=O) groups is 1. The molecule has 0 spiro atoms. The van der Waals surface area contributed by atoms with E-state index in [-0.39, 0.29) is 17.8 Å². The molecule has 1 aliphatic carbocycles. The first-order valence-electron chi connectivity index (χ1n) is 7.26. The van der Waals surface area contributed by atoms with E-state index in [4.69, 9.17) is 0 Å². The molecular formula is C16H16FN3O. The molecule has 1 aromatic heterocycles. The van der Waals surface area contributed by atoms with Gasteiger partial charge in [0.25, 0.3) is 0 Å². The Kier molecular flexibility index (Phi) is 2.80. The van der Waals surface area contributed by atoms with E-state index >= 15 is 0 Å². The van der Waals surface area contributed by atoms with Crippen molar-refractivity contribution in [3.63, 3.8) is 0 Å². The van der Waals surface area contributed by atoms with Crippen LogP contribution >= 0.6 is 0 Å². The van der Waals surface area contributed by atoms with Gasteiger partial charge in [-0.2, -0.15) is 0 Å². The van der Waals surface area contributed by atoms with E-state index < -0.39 is 0 Å². The van der Waals surface area contributed by atoms with Crippen LogP contribution in [-0.2, 0) is 17.9 Å². The van der Waals surface area contributed by atoms with Crippen molar-refractivity contribution < 1.29 is 9.18 Å². The molecule has 21 heavy (non-hydrogen) atoms. The third-order valence-electron chi connectivity index (χ3n) is 4.32. The summed E-state index contributed by atoms with van der Waals surface area (Å²) in [5.74, 6) is 0.353. The lowest BCUT2D eigenvalue weighted by atomic mass is 10.1. The van der Waals surface area contributed by atoms with Crippen molar-refractivity contribution in [1.29, 1.82) is 0 Å². The van der Waals surface area contributed by atoms with Crippen LogP contribution in [0.3, 0.4) is 0 Å². The number of halogens is 1. The van der Waals surface area contributed by atoms with Gasteiger partial charge < -0.3 is 9.47 Å². The molecule has 4 nitrogen and oxygen atoms in total. The minimum absolute atomic E-state index is 0.100. The second kappa shape index (κ2) is 4.69. The molecular weight excluding hydrogens is 269 g/mol. The minimum atomic E-state index is -0.252. The summed E-state index contributed by atoms with van der Waals surface area (Å²) < 4.78 is 15.0. The van der Waals surface area contributed by atoms with Crippen LogP contribution in [0.15, 0.2) is 36.8 Å². The molecule has 1 saturated carbocycles. The smallest absolute Gasteiger partial charge is 0.246 e. The Bertz CT molecular complexity index is 675. The van der Waals surface area contributed by atoms with Crippen molar-refractivity contribution in [2.75, 3.05) is 0 Å². The van der Waals surface area contributed by atoms with E-state index in [0.717, 1.165) is 24.1 Å². The van der Waals surface area contributed by atoms with Crippen LogP contribution in [0.1, 0.15) is 30.1 Å². The Balaban J connectivity index is 1.61. The quantitative estimate of drug-likeness (QED) is 0.869. The number of nitrogens with zero attached hydrogens (tertiary/aromatic N) is 3. The molecule has 1 amide bonds. The van der Waals surface area contributed by atoms with Gasteiger partial charge in [-0.05, 0) is 36.5 Å². The highest BCUT2D eigenvalue weighted by Crippen LogP contribution is 2.43. The molecule has 0 bridgehead atoms. The highest BCUT2D eigenvalue weighted by Gasteiger charge is 2.42. The van der Waals surface area contributed by atoms with E-state index in [1.54, 1.807) is 18.5 Å². The van der Waals surface area contributed by atoms with E-state index in [2.05, 4.69) is 4.98 Å². The predicted molar refractivity (Wildman–Crippen MR) is 74.6 cm³/mol. The third-order valence-corrected chi connectivity index (χ3v) is 4.32. The van der Waals surface area contributed by atoms with E-state index in [1.807, 2.05) is 15.7 Å². The number of benzene rings is 1. The number of imidazole rings is 1. The number of rotatable bonds is 3. The van der Waals surface area contributed by atoms with E-state index in [9.17, 15) is 9.18 Å². The molecule has 1 atom stereocenters. The molecule has 1 fully saturated rings. The topological polar surface area (TPSA) is 38.1 Å². The maximum absolute atomic E-state index is 13.0. The first kappa shape index (κ1) is 12.6. The molecule has 0 N–H and O–H groups in total. The van der Waals surface area contributed by atoms with Gasteiger partial charge in [0.05, 0.1) is 18.6 Å². The summed E-state index contributed by atoms with van der Waals surface area (Å²) >= 11 is 0. The molecule has 2 heterocycles. The summed E-state index contributed by atoms with van der Waals surface area (Å²) in [7, 11) is 0. The van der Waals surface area contributed by atoms with Crippen LogP contribution in [0.25, 0.3) is 0 Å². The summed E-state index contributed by atoms with van der Waals surface area (Å²) in [4.78, 5) is 18.8. The summed E-state index contributed by atoms with van der Waals surface area (Å²) in [6, 6.07) is 6.25. The maximum atomic E-state index is 13.0. The van der Waals surface area contributed by atoms with Gasteiger partial charge in [0.1, 0.15) is 11.9 Å². The average Bonchev–Trinajstić information content (AvgIpc) is 3.20. The monoisotopic (exact) mass is 285 g/mol. The fourth-order valence-corrected chi connectivity index (χ4v) is 3.07. The molecule has 2 aromatic rings. The van der Waals surface area contributed by atoms with Crippen molar-refractivity contribution in [2.45, 2.75) is 32.0 Å². The van der Waals surface area contributed by atoms with E-state index in [1.165, 1.54) is 12.1 Å². The van der Waals surface area contributed by atoms with Crippen molar-refractivity contribution in [2.24, 2.45) is 5.92 Å². The molecule has 4 rings (SSSR count). The summed E-state index contributed by atoms with van der Waals surface area (Å²) in [5, 5.41) is 0. The van der Waals surface area contributed by atoms with Crippen molar-refractivity contribution in [1.82, 2.24) is 14.5 Å². The highest BCUT2D eigenvalue weighted by molar-refractivity contribution is 5.82. The second-order valence-electron chi connectivity index (χ2n) is 5.90. The number of aromatic nitrogens is 2. The SMILES string of the molecule is O=C1C(C2CC2)n2cncc2CN1Cc1ccc(F)cc1. The van der Waals surface area contributed by atoms with Crippen LogP contribution in [-0.4, -0.2) is 20.4 Å². The van der Waals surface area contributed by atoms with Crippen LogP contribution in [0.2, 0.25) is 0 Å². The summed E-state index contributed by atoms with van der Waals surface area (Å²) in [6.07, 6.45) is 5.82. The zero-order valence-corrected chi connectivity index (χ0v) is 11.6. The number of amides is 1. The Labute approximate surface area is 122 Å². The first-order chi connectivity index (χ1) is 10.2. The fraction of sp³-hybridized carbons (Fsp3) is 0.375. The lowest BCUT2D eigenvalue weighted by molar-refractivity contribution is -0.138. The molecule has 5 heteroatoms. The minimum Gasteiger partial charge on any atom is -0.331 e. The maximum Gasteiger partial charge on any atom is 0.246 e. The third kappa shape index (κ3) is 2.22. The van der Waals surface area contributed by atoms with Crippen LogP contribution in [0.5, 0.6) is 0 Å². The van der Waals surface area contributed by atoms with Crippen molar-refractivity contribution in [3.05, 3.63) is 53.9 Å². The van der Waals surface area contributed by atoms with Crippen LogP contribution in [0, 0.1) is 11.7 Å². The standard InChI is InChI=1S/C16H16FN3O/c17-13-5-1-11(2-6-13)8-19-9-14-7-18-10-20(14)15(16(19)21)12-3-4-12/h1-2,5-7,10,12,15H,3-4,8-9H2. The Morgan fingerprint density at radius 1 is 1.24 bits per heavy atom. The van der Waals surface area contributed by atoms with Crippen LogP contribution in [0.4, 0.5) is 4.39 Å². The van der Waals surface area contributed by atoms with Gasteiger partial charge in [-0.15, -0.1) is 0 Å². The predicted octanol–water partition coefficient (Wildman–Crippen LogP) is 2.52. The van der Waals surface area contributed by atoms with E-state index in [0.29, 0.717) is 19.0 Å². The Morgan fingerprint density at radius 2 is 2.00 bits per heavy atom. The number of hydrogen-bond acceptors (Lipinski definition) is 2. The second-order valence-corrected chi connectivity index (χ2v) is 5.90. The van der Waals surface area contributed by atoms with Gasteiger partial charge in [0.15, 0.2) is 0 Å². The number of hydrogen-bond donors (Lipinski definition) is 0. The molecule has 1 unspecified atom stereocenters. The fourth-order valence-electron chi connectivity index (χ4n) is 3.07. The first-order valence-corrected chi connectivity index (χ1v) is 7.26. The summed E-state index contributed by atoms with van der Waals surface area (Å²) in [5.41, 5.74) is 2.03. The molecule has 1 aliphatic heterocycles. The van der Waals surface area contributed by atoms with Gasteiger partial charge in [0, 0.05) is 12.7 Å². The molecule has 1 aromatic carbocycles. The molecule has 2 aliphatic rings. The lowest BCUT2D eigenvalue weighted by Gasteiger charge is -2.34. The van der Waals surface area contributed by atoms with Gasteiger partial charge in [-0.1, -0.05) is 12.1 Å². The zero-order valence-electron chi connectivity index (χ0n) is 11.6. The largest absolute Gasteiger partial charge is 0.331 e. The lowest BCUT2D eigenvalue weighted by Crippen LogP contribution is -2.42. The normalized spacial score (nSPS) is 21.5. The molecule has 0 saturated heterocycles. The van der Waals surface area contributed by atoms with Gasteiger partial charge in [0.2, 0.25) is 5.91 Å². The average molecular weight is 285 g/mol. The van der Waals surface area contributed by atoms with Gasteiger partial charge in [-0.3, -0.25) is 4.79 Å². The molecule has 108 valence electrons. The Hall–Kier alpha value is -2.17. The Morgan fingerprint density at radius 3 is 2.71 bits per heavy atom.